The van der Waals surface area contributed by atoms with Gasteiger partial charge in [-0.1, -0.05) is 0 Å². The highest BCUT2D eigenvalue weighted by Crippen LogP contribution is 2.41. The molecule has 1 saturated carbocycles. The molecule has 1 aliphatic carbocycles. The van der Waals surface area contributed by atoms with Gasteiger partial charge in [0, 0.05) is 6.42 Å². The lowest BCUT2D eigenvalue weighted by Gasteiger charge is -2.37. The molecule has 6 N–H and O–H groups in total. The molecule has 0 aromatic heterocycles. The van der Waals surface area contributed by atoms with E-state index in [4.69, 9.17) is 14.9 Å². The fourth-order valence-corrected chi connectivity index (χ4v) is 2.01. The predicted molar refractivity (Wildman–Crippen MR) is 45.6 cm³/mol. The molecule has 90 valence electrons. The highest BCUT2D eigenvalue weighted by molar-refractivity contribution is 7.46. The van der Waals surface area contributed by atoms with Crippen molar-refractivity contribution in [3.05, 3.63) is 0 Å². The average molecular weight is 244 g/mol. The molecule has 1 aliphatic rings. The monoisotopic (exact) mass is 244 g/mol. The number of phosphoric acid groups is 1. The van der Waals surface area contributed by atoms with Crippen molar-refractivity contribution in [1.29, 1.82) is 0 Å². The van der Waals surface area contributed by atoms with E-state index in [1.54, 1.807) is 0 Å². The van der Waals surface area contributed by atoms with E-state index in [-0.39, 0.29) is 6.42 Å². The van der Waals surface area contributed by atoms with Crippen molar-refractivity contribution >= 4 is 7.82 Å². The molecule has 0 radical (unpaired) electrons. The highest BCUT2D eigenvalue weighted by atomic mass is 31.2. The molecule has 5 atom stereocenters. The van der Waals surface area contributed by atoms with Crippen molar-refractivity contribution in [2.75, 3.05) is 0 Å². The van der Waals surface area contributed by atoms with E-state index in [0.29, 0.717) is 0 Å². The van der Waals surface area contributed by atoms with Crippen LogP contribution in [-0.4, -0.2) is 60.7 Å². The van der Waals surface area contributed by atoms with Gasteiger partial charge in [-0.2, -0.15) is 0 Å². The lowest BCUT2D eigenvalue weighted by atomic mass is 9.87. The molecule has 0 aliphatic heterocycles. The molecule has 15 heavy (non-hydrogen) atoms. The number of phosphoric ester groups is 1. The van der Waals surface area contributed by atoms with Crippen LogP contribution in [0.1, 0.15) is 6.42 Å². The second kappa shape index (κ2) is 4.44. The normalized spacial score (nSPS) is 42.9. The summed E-state index contributed by atoms with van der Waals surface area (Å²) in [6, 6.07) is 0. The zero-order valence-electron chi connectivity index (χ0n) is 7.54. The Balaban J connectivity index is 2.71. The van der Waals surface area contributed by atoms with Crippen LogP contribution in [0, 0.1) is 0 Å². The van der Waals surface area contributed by atoms with Gasteiger partial charge in [0.15, 0.2) is 0 Å². The molecule has 0 amide bonds. The Morgan fingerprint density at radius 3 is 2.00 bits per heavy atom. The minimum absolute atomic E-state index is 0.371. The van der Waals surface area contributed by atoms with E-state index < -0.39 is 38.3 Å². The van der Waals surface area contributed by atoms with Gasteiger partial charge in [0.2, 0.25) is 0 Å². The van der Waals surface area contributed by atoms with Crippen LogP contribution in [0.2, 0.25) is 0 Å². The molecule has 9 heteroatoms. The molecule has 1 rings (SSSR count). The Labute approximate surface area is 85.0 Å². The first kappa shape index (κ1) is 13.0. The average Bonchev–Trinajstić information content (AvgIpc) is 2.08. The summed E-state index contributed by atoms with van der Waals surface area (Å²) in [7, 11) is -4.81. The Kier molecular flexibility index (Phi) is 3.85. The quantitative estimate of drug-likeness (QED) is 0.288. The molecular weight excluding hydrogens is 231 g/mol. The number of rotatable bonds is 2. The van der Waals surface area contributed by atoms with Crippen LogP contribution in [0.5, 0.6) is 0 Å². The highest BCUT2D eigenvalue weighted by Gasteiger charge is 2.44. The van der Waals surface area contributed by atoms with Crippen molar-refractivity contribution in [3.63, 3.8) is 0 Å². The standard InChI is InChI=1S/C6H13O8P/c7-2-1-3(14-15(11,12)13)5(9)6(10)4(2)8/h2-10H,1H2,(H2,11,12,13)/t2-,3+,4-,5-,6-/m0/s1. The molecule has 0 heterocycles. The summed E-state index contributed by atoms with van der Waals surface area (Å²) in [4.78, 5) is 17.0. The second-order valence-corrected chi connectivity index (χ2v) is 4.60. The molecular formula is C6H13O8P. The summed E-state index contributed by atoms with van der Waals surface area (Å²) in [6.45, 7) is 0. The molecule has 0 bridgehead atoms. The van der Waals surface area contributed by atoms with E-state index >= 15 is 0 Å². The summed E-state index contributed by atoms with van der Waals surface area (Å²) in [5.41, 5.74) is 0. The van der Waals surface area contributed by atoms with E-state index in [0.717, 1.165) is 0 Å². The Bertz CT molecular complexity index is 264. The van der Waals surface area contributed by atoms with Crippen LogP contribution in [0.25, 0.3) is 0 Å². The van der Waals surface area contributed by atoms with Gasteiger partial charge in [-0.05, 0) is 0 Å². The largest absolute Gasteiger partial charge is 0.469 e. The van der Waals surface area contributed by atoms with Crippen LogP contribution in [0.3, 0.4) is 0 Å². The Morgan fingerprint density at radius 2 is 1.53 bits per heavy atom. The number of hydrogen-bond donors (Lipinski definition) is 6. The Hall–Kier alpha value is -0.0500. The van der Waals surface area contributed by atoms with Crippen molar-refractivity contribution in [2.45, 2.75) is 36.9 Å². The maximum atomic E-state index is 10.5. The van der Waals surface area contributed by atoms with E-state index in [1.165, 1.54) is 0 Å². The van der Waals surface area contributed by atoms with Gasteiger partial charge < -0.3 is 30.2 Å². The van der Waals surface area contributed by atoms with E-state index in [2.05, 4.69) is 4.52 Å². The van der Waals surface area contributed by atoms with Gasteiger partial charge in [-0.25, -0.2) is 4.57 Å². The second-order valence-electron chi connectivity index (χ2n) is 3.41. The number of hydrogen-bond acceptors (Lipinski definition) is 6. The van der Waals surface area contributed by atoms with Gasteiger partial charge in [-0.3, -0.25) is 4.52 Å². The third kappa shape index (κ3) is 3.20. The summed E-state index contributed by atoms with van der Waals surface area (Å²) in [5, 5.41) is 36.8. The topological polar surface area (TPSA) is 148 Å². The van der Waals surface area contributed by atoms with Crippen LogP contribution < -0.4 is 0 Å². The minimum Gasteiger partial charge on any atom is -0.390 e. The van der Waals surface area contributed by atoms with Crippen LogP contribution in [0.4, 0.5) is 0 Å². The third-order valence-electron chi connectivity index (χ3n) is 2.22. The molecule has 0 aromatic rings. The summed E-state index contributed by atoms with van der Waals surface area (Å²) >= 11 is 0. The van der Waals surface area contributed by atoms with Gasteiger partial charge in [-0.15, -0.1) is 0 Å². The fraction of sp³-hybridized carbons (Fsp3) is 1.00. The zero-order valence-corrected chi connectivity index (χ0v) is 8.44. The van der Waals surface area contributed by atoms with Gasteiger partial charge >= 0.3 is 7.82 Å². The maximum Gasteiger partial charge on any atom is 0.469 e. The first-order chi connectivity index (χ1) is 6.72. The van der Waals surface area contributed by atoms with Crippen LogP contribution in [0.15, 0.2) is 0 Å². The SMILES string of the molecule is O=P(O)(O)O[C@@H]1C[C@H](O)[C@H](O)[C@H](O)[C@H]1O. The first-order valence-corrected chi connectivity index (χ1v) is 5.71. The molecule has 0 unspecified atom stereocenters. The van der Waals surface area contributed by atoms with Gasteiger partial charge in [0.1, 0.15) is 24.4 Å². The lowest BCUT2D eigenvalue weighted by molar-refractivity contribution is -0.173. The van der Waals surface area contributed by atoms with E-state index in [1.807, 2.05) is 0 Å². The Morgan fingerprint density at radius 1 is 1.00 bits per heavy atom. The smallest absolute Gasteiger partial charge is 0.390 e. The predicted octanol–water partition coefficient (Wildman–Crippen LogP) is -2.69. The molecule has 0 spiro atoms. The summed E-state index contributed by atoms with van der Waals surface area (Å²) in [6.07, 6.45) is -8.11. The van der Waals surface area contributed by atoms with Crippen LogP contribution >= 0.6 is 7.82 Å². The lowest BCUT2D eigenvalue weighted by Crippen LogP contribution is -2.56. The van der Waals surface area contributed by atoms with Crippen molar-refractivity contribution < 1.29 is 39.3 Å². The number of aliphatic hydroxyl groups excluding tert-OH is 4. The fourth-order valence-electron chi connectivity index (χ4n) is 1.45. The van der Waals surface area contributed by atoms with Gasteiger partial charge in [0.05, 0.1) is 6.10 Å². The van der Waals surface area contributed by atoms with Crippen LogP contribution in [-0.2, 0) is 9.09 Å². The summed E-state index contributed by atoms with van der Waals surface area (Å²) < 4.78 is 14.6. The maximum absolute atomic E-state index is 10.5. The molecule has 1 fully saturated rings. The van der Waals surface area contributed by atoms with Gasteiger partial charge in [0.25, 0.3) is 0 Å². The summed E-state index contributed by atoms with van der Waals surface area (Å²) in [5.74, 6) is 0. The zero-order chi connectivity index (χ0) is 11.8. The first-order valence-electron chi connectivity index (χ1n) is 4.18. The van der Waals surface area contributed by atoms with Crippen molar-refractivity contribution in [3.8, 4) is 0 Å². The molecule has 0 saturated heterocycles. The molecule has 0 aromatic carbocycles. The van der Waals surface area contributed by atoms with Crippen molar-refractivity contribution in [2.24, 2.45) is 0 Å². The molecule has 8 nitrogen and oxygen atoms in total. The van der Waals surface area contributed by atoms with Crippen molar-refractivity contribution in [1.82, 2.24) is 0 Å². The minimum atomic E-state index is -4.81. The number of aliphatic hydroxyl groups is 4. The van der Waals surface area contributed by atoms with E-state index in [9.17, 15) is 19.9 Å². The third-order valence-corrected chi connectivity index (χ3v) is 2.77.